The highest BCUT2D eigenvalue weighted by Gasteiger charge is 2.42. The SMILES string of the molecule is CCCN1C(=O)c2[nH]nc(-c3ccccc3O)c2C1c1ccc(OC)c(OC)c1. The summed E-state index contributed by atoms with van der Waals surface area (Å²) in [6.45, 7) is 2.63. The van der Waals surface area contributed by atoms with Crippen LogP contribution in [-0.4, -0.2) is 46.9 Å². The number of ether oxygens (including phenoxy) is 2. The first kappa shape index (κ1) is 18.9. The second-order valence-corrected chi connectivity index (χ2v) is 6.89. The van der Waals surface area contributed by atoms with E-state index in [9.17, 15) is 9.90 Å². The number of para-hydroxylation sites is 1. The molecule has 0 aliphatic carbocycles. The van der Waals surface area contributed by atoms with Crippen molar-refractivity contribution in [3.05, 3.63) is 59.3 Å². The van der Waals surface area contributed by atoms with Crippen molar-refractivity contribution in [1.82, 2.24) is 15.1 Å². The van der Waals surface area contributed by atoms with Crippen LogP contribution in [0.2, 0.25) is 0 Å². The van der Waals surface area contributed by atoms with E-state index in [-0.39, 0.29) is 17.7 Å². The van der Waals surface area contributed by atoms with Crippen LogP contribution in [-0.2, 0) is 0 Å². The number of hydrogen-bond donors (Lipinski definition) is 2. The van der Waals surface area contributed by atoms with Crippen LogP contribution in [0.3, 0.4) is 0 Å². The van der Waals surface area contributed by atoms with Gasteiger partial charge in [0.25, 0.3) is 5.91 Å². The number of nitrogens with one attached hydrogen (secondary N) is 1. The predicted molar refractivity (Wildman–Crippen MR) is 108 cm³/mol. The van der Waals surface area contributed by atoms with Crippen LogP contribution in [0, 0.1) is 0 Å². The number of H-pyrrole nitrogens is 1. The fourth-order valence-electron chi connectivity index (χ4n) is 3.92. The molecule has 1 aliphatic heterocycles. The number of fused-ring (bicyclic) bond motifs is 1. The lowest BCUT2D eigenvalue weighted by Gasteiger charge is -2.26. The van der Waals surface area contributed by atoms with E-state index in [4.69, 9.17) is 9.47 Å². The third-order valence-electron chi connectivity index (χ3n) is 5.21. The summed E-state index contributed by atoms with van der Waals surface area (Å²) >= 11 is 0. The number of hydrogen-bond acceptors (Lipinski definition) is 5. The summed E-state index contributed by atoms with van der Waals surface area (Å²) in [6, 6.07) is 12.3. The second kappa shape index (κ2) is 7.50. The van der Waals surface area contributed by atoms with Crippen LogP contribution in [0.15, 0.2) is 42.5 Å². The molecule has 2 heterocycles. The van der Waals surface area contributed by atoms with Crippen LogP contribution >= 0.6 is 0 Å². The first-order valence-corrected chi connectivity index (χ1v) is 9.50. The molecular weight excluding hydrogens is 370 g/mol. The zero-order valence-corrected chi connectivity index (χ0v) is 16.6. The summed E-state index contributed by atoms with van der Waals surface area (Å²) in [5.41, 5.74) is 3.27. The largest absolute Gasteiger partial charge is 0.507 e. The van der Waals surface area contributed by atoms with Crippen LogP contribution in [0.5, 0.6) is 17.2 Å². The molecule has 2 N–H and O–H groups in total. The maximum Gasteiger partial charge on any atom is 0.273 e. The molecule has 29 heavy (non-hydrogen) atoms. The van der Waals surface area contributed by atoms with Gasteiger partial charge in [-0.25, -0.2) is 0 Å². The molecule has 150 valence electrons. The third kappa shape index (κ3) is 2.99. The van der Waals surface area contributed by atoms with Crippen molar-refractivity contribution in [3.8, 4) is 28.5 Å². The van der Waals surface area contributed by atoms with Crippen molar-refractivity contribution in [2.75, 3.05) is 20.8 Å². The van der Waals surface area contributed by atoms with Crippen LogP contribution in [0.1, 0.15) is 41.0 Å². The van der Waals surface area contributed by atoms with Gasteiger partial charge >= 0.3 is 0 Å². The molecule has 0 saturated heterocycles. The summed E-state index contributed by atoms with van der Waals surface area (Å²) in [6.07, 6.45) is 0.819. The average molecular weight is 393 g/mol. The molecule has 3 aromatic rings. The summed E-state index contributed by atoms with van der Waals surface area (Å²) in [5.74, 6) is 1.23. The monoisotopic (exact) mass is 393 g/mol. The Morgan fingerprint density at radius 1 is 1.14 bits per heavy atom. The molecular formula is C22H23N3O4. The number of aromatic amines is 1. The first-order chi connectivity index (χ1) is 14.1. The Labute approximate surface area is 168 Å². The van der Waals surface area contributed by atoms with E-state index in [0.29, 0.717) is 35.0 Å². The number of amides is 1. The summed E-state index contributed by atoms with van der Waals surface area (Å²) in [4.78, 5) is 14.9. The first-order valence-electron chi connectivity index (χ1n) is 9.50. The zero-order chi connectivity index (χ0) is 20.5. The van der Waals surface area contributed by atoms with Crippen molar-refractivity contribution in [1.29, 1.82) is 0 Å². The highest BCUT2D eigenvalue weighted by atomic mass is 16.5. The fraction of sp³-hybridized carbons (Fsp3) is 0.273. The minimum Gasteiger partial charge on any atom is -0.507 e. The van der Waals surface area contributed by atoms with Crippen LogP contribution in [0.4, 0.5) is 0 Å². The summed E-state index contributed by atoms with van der Waals surface area (Å²) < 4.78 is 10.8. The van der Waals surface area contributed by atoms with Gasteiger partial charge in [0.2, 0.25) is 0 Å². The van der Waals surface area contributed by atoms with Gasteiger partial charge in [-0.15, -0.1) is 0 Å². The second-order valence-electron chi connectivity index (χ2n) is 6.89. The fourth-order valence-corrected chi connectivity index (χ4v) is 3.92. The Morgan fingerprint density at radius 3 is 2.59 bits per heavy atom. The molecule has 4 rings (SSSR count). The molecule has 0 bridgehead atoms. The lowest BCUT2D eigenvalue weighted by molar-refractivity contribution is 0.0743. The minimum absolute atomic E-state index is 0.101. The molecule has 1 atom stereocenters. The van der Waals surface area contributed by atoms with Gasteiger partial charge in [-0.3, -0.25) is 9.89 Å². The van der Waals surface area contributed by atoms with Crippen molar-refractivity contribution < 1.29 is 19.4 Å². The molecule has 7 nitrogen and oxygen atoms in total. The number of aromatic hydroxyl groups is 1. The minimum atomic E-state index is -0.342. The third-order valence-corrected chi connectivity index (χ3v) is 5.21. The smallest absolute Gasteiger partial charge is 0.273 e. The lowest BCUT2D eigenvalue weighted by Crippen LogP contribution is -2.30. The summed E-state index contributed by atoms with van der Waals surface area (Å²) in [7, 11) is 3.17. The van der Waals surface area contributed by atoms with Crippen LogP contribution < -0.4 is 9.47 Å². The highest BCUT2D eigenvalue weighted by molar-refractivity contribution is 6.00. The maximum atomic E-state index is 13.1. The van der Waals surface area contributed by atoms with Gasteiger partial charge in [0.15, 0.2) is 11.5 Å². The van der Waals surface area contributed by atoms with E-state index in [1.54, 1.807) is 32.4 Å². The number of rotatable bonds is 6. The molecule has 2 aromatic carbocycles. The standard InChI is InChI=1S/C22H23N3O4/c1-4-11-25-21(13-9-10-16(28-2)17(12-13)29-3)18-19(23-24-20(18)22(25)27)14-7-5-6-8-15(14)26/h5-10,12,21,26H,4,11H2,1-3H3,(H,23,24). The highest BCUT2D eigenvalue weighted by Crippen LogP contribution is 2.45. The number of nitrogens with zero attached hydrogens (tertiary/aromatic N) is 2. The van der Waals surface area contributed by atoms with E-state index in [0.717, 1.165) is 17.5 Å². The summed E-state index contributed by atoms with van der Waals surface area (Å²) in [5, 5.41) is 17.6. The van der Waals surface area contributed by atoms with Gasteiger partial charge in [0.05, 0.1) is 20.3 Å². The number of methoxy groups -OCH3 is 2. The topological polar surface area (TPSA) is 87.7 Å². The number of phenolic OH excluding ortho intramolecular Hbond substituents is 1. The molecule has 0 fully saturated rings. The lowest BCUT2D eigenvalue weighted by atomic mass is 9.95. The predicted octanol–water partition coefficient (Wildman–Crippen LogP) is 3.75. The molecule has 1 aromatic heterocycles. The average Bonchev–Trinajstić information content (AvgIpc) is 3.28. The normalized spacial score (nSPS) is 15.5. The molecule has 0 saturated carbocycles. The van der Waals surface area contributed by atoms with Gasteiger partial charge in [0.1, 0.15) is 17.1 Å². The Balaban J connectivity index is 1.91. The van der Waals surface area contributed by atoms with E-state index in [1.165, 1.54) is 0 Å². The van der Waals surface area contributed by atoms with E-state index in [2.05, 4.69) is 10.2 Å². The van der Waals surface area contributed by atoms with Crippen molar-refractivity contribution in [3.63, 3.8) is 0 Å². The van der Waals surface area contributed by atoms with E-state index < -0.39 is 0 Å². The number of benzene rings is 2. The van der Waals surface area contributed by atoms with Crippen LogP contribution in [0.25, 0.3) is 11.3 Å². The van der Waals surface area contributed by atoms with E-state index in [1.807, 2.05) is 36.1 Å². The van der Waals surface area contributed by atoms with Gasteiger partial charge in [-0.1, -0.05) is 25.1 Å². The van der Waals surface area contributed by atoms with Crippen molar-refractivity contribution >= 4 is 5.91 Å². The zero-order valence-electron chi connectivity index (χ0n) is 16.6. The molecule has 1 unspecified atom stereocenters. The Kier molecular flexibility index (Phi) is 4.88. The Morgan fingerprint density at radius 2 is 1.90 bits per heavy atom. The maximum absolute atomic E-state index is 13.1. The van der Waals surface area contributed by atoms with Gasteiger partial charge in [-0.2, -0.15) is 5.10 Å². The number of phenols is 1. The van der Waals surface area contributed by atoms with Gasteiger partial charge in [0, 0.05) is 17.7 Å². The molecule has 0 radical (unpaired) electrons. The molecule has 1 amide bonds. The van der Waals surface area contributed by atoms with E-state index >= 15 is 0 Å². The Bertz CT molecular complexity index is 1060. The number of carbonyl (C=O) groups excluding carboxylic acids is 1. The quantitative estimate of drug-likeness (QED) is 0.666. The number of carbonyl (C=O) groups is 1. The molecule has 1 aliphatic rings. The molecule has 7 heteroatoms. The van der Waals surface area contributed by atoms with Crippen molar-refractivity contribution in [2.45, 2.75) is 19.4 Å². The van der Waals surface area contributed by atoms with Gasteiger partial charge < -0.3 is 19.5 Å². The molecule has 0 spiro atoms. The number of aromatic nitrogens is 2. The Hall–Kier alpha value is -3.48. The van der Waals surface area contributed by atoms with Crippen molar-refractivity contribution in [2.24, 2.45) is 0 Å². The van der Waals surface area contributed by atoms with Gasteiger partial charge in [-0.05, 0) is 36.2 Å².